The molecule has 1 N–H and O–H groups in total. The van der Waals surface area contributed by atoms with Crippen molar-refractivity contribution in [1.82, 2.24) is 10.2 Å². The SMILES string of the molecule is CCC(C)N(CCOC)C(=O)CC1CNCCO1. The van der Waals surface area contributed by atoms with Crippen LogP contribution in [-0.4, -0.2) is 62.9 Å². The summed E-state index contributed by atoms with van der Waals surface area (Å²) in [7, 11) is 1.66. The third-order valence-corrected chi connectivity index (χ3v) is 3.39. The molecule has 1 rings (SSSR count). The van der Waals surface area contributed by atoms with E-state index in [4.69, 9.17) is 9.47 Å². The summed E-state index contributed by atoms with van der Waals surface area (Å²) in [6, 6.07) is 0.254. The number of nitrogens with zero attached hydrogens (tertiary/aromatic N) is 1. The second-order valence-corrected chi connectivity index (χ2v) is 4.74. The van der Waals surface area contributed by atoms with Crippen LogP contribution in [0.4, 0.5) is 0 Å². The molecule has 1 fully saturated rings. The van der Waals surface area contributed by atoms with Gasteiger partial charge in [0.15, 0.2) is 0 Å². The summed E-state index contributed by atoms with van der Waals surface area (Å²) < 4.78 is 10.6. The molecular weight excluding hydrogens is 232 g/mol. The number of rotatable bonds is 7. The third kappa shape index (κ3) is 4.92. The van der Waals surface area contributed by atoms with E-state index in [1.54, 1.807) is 7.11 Å². The quantitative estimate of drug-likeness (QED) is 0.728. The van der Waals surface area contributed by atoms with Crippen LogP contribution in [0.1, 0.15) is 26.7 Å². The van der Waals surface area contributed by atoms with Crippen molar-refractivity contribution >= 4 is 5.91 Å². The fraction of sp³-hybridized carbons (Fsp3) is 0.923. The van der Waals surface area contributed by atoms with Crippen LogP contribution >= 0.6 is 0 Å². The van der Waals surface area contributed by atoms with Gasteiger partial charge in [-0.15, -0.1) is 0 Å². The molecule has 2 unspecified atom stereocenters. The highest BCUT2D eigenvalue weighted by atomic mass is 16.5. The number of carbonyl (C=O) groups is 1. The molecule has 5 nitrogen and oxygen atoms in total. The molecule has 0 aromatic heterocycles. The van der Waals surface area contributed by atoms with Gasteiger partial charge in [-0.1, -0.05) is 6.92 Å². The van der Waals surface area contributed by atoms with Gasteiger partial charge >= 0.3 is 0 Å². The van der Waals surface area contributed by atoms with Crippen LogP contribution in [0.3, 0.4) is 0 Å². The Hall–Kier alpha value is -0.650. The Kier molecular flexibility index (Phi) is 7.23. The average Bonchev–Trinajstić information content (AvgIpc) is 2.40. The van der Waals surface area contributed by atoms with Crippen molar-refractivity contribution in [3.8, 4) is 0 Å². The summed E-state index contributed by atoms with van der Waals surface area (Å²) in [5.74, 6) is 0.162. The van der Waals surface area contributed by atoms with Crippen molar-refractivity contribution in [2.24, 2.45) is 0 Å². The topological polar surface area (TPSA) is 50.8 Å². The Morgan fingerprint density at radius 3 is 2.94 bits per heavy atom. The Balaban J connectivity index is 2.46. The van der Waals surface area contributed by atoms with Crippen molar-refractivity contribution in [3.05, 3.63) is 0 Å². The molecule has 0 aromatic carbocycles. The van der Waals surface area contributed by atoms with Crippen LogP contribution < -0.4 is 5.32 Å². The maximum Gasteiger partial charge on any atom is 0.225 e. The van der Waals surface area contributed by atoms with Gasteiger partial charge in [-0.25, -0.2) is 0 Å². The van der Waals surface area contributed by atoms with E-state index in [1.807, 2.05) is 4.90 Å². The van der Waals surface area contributed by atoms with Crippen molar-refractivity contribution in [2.75, 3.05) is 40.0 Å². The first-order chi connectivity index (χ1) is 8.69. The molecule has 1 aliphatic heterocycles. The Labute approximate surface area is 110 Å². The van der Waals surface area contributed by atoms with E-state index in [2.05, 4.69) is 19.2 Å². The maximum absolute atomic E-state index is 12.3. The van der Waals surface area contributed by atoms with Crippen LogP contribution in [0.15, 0.2) is 0 Å². The predicted molar refractivity (Wildman–Crippen MR) is 70.6 cm³/mol. The van der Waals surface area contributed by atoms with Crippen molar-refractivity contribution in [2.45, 2.75) is 38.8 Å². The Bertz CT molecular complexity index is 242. The smallest absolute Gasteiger partial charge is 0.225 e. The molecule has 106 valence electrons. The summed E-state index contributed by atoms with van der Waals surface area (Å²) in [5, 5.41) is 3.25. The van der Waals surface area contributed by atoms with Gasteiger partial charge in [-0.05, 0) is 13.3 Å². The first-order valence-corrected chi connectivity index (χ1v) is 6.79. The molecule has 2 atom stereocenters. The lowest BCUT2D eigenvalue weighted by Crippen LogP contribution is -2.45. The van der Waals surface area contributed by atoms with Gasteiger partial charge in [-0.2, -0.15) is 0 Å². The molecule has 0 saturated carbocycles. The highest BCUT2D eigenvalue weighted by Crippen LogP contribution is 2.10. The first-order valence-electron chi connectivity index (χ1n) is 6.79. The predicted octanol–water partition coefficient (Wildman–Crippen LogP) is 0.638. The largest absolute Gasteiger partial charge is 0.383 e. The van der Waals surface area contributed by atoms with E-state index < -0.39 is 0 Å². The zero-order valence-electron chi connectivity index (χ0n) is 11.8. The second kappa shape index (κ2) is 8.45. The maximum atomic E-state index is 12.3. The summed E-state index contributed by atoms with van der Waals surface area (Å²) in [4.78, 5) is 14.2. The number of ether oxygens (including phenoxy) is 2. The highest BCUT2D eigenvalue weighted by Gasteiger charge is 2.23. The zero-order chi connectivity index (χ0) is 13.4. The Morgan fingerprint density at radius 2 is 2.39 bits per heavy atom. The number of morpholine rings is 1. The summed E-state index contributed by atoms with van der Waals surface area (Å²) in [6.07, 6.45) is 1.43. The third-order valence-electron chi connectivity index (χ3n) is 3.39. The molecule has 5 heteroatoms. The van der Waals surface area contributed by atoms with Gasteiger partial charge in [-0.3, -0.25) is 4.79 Å². The molecule has 1 aliphatic rings. The van der Waals surface area contributed by atoms with Crippen LogP contribution in [0, 0.1) is 0 Å². The number of carbonyl (C=O) groups excluding carboxylic acids is 1. The van der Waals surface area contributed by atoms with E-state index in [-0.39, 0.29) is 18.1 Å². The monoisotopic (exact) mass is 258 g/mol. The van der Waals surface area contributed by atoms with Gasteiger partial charge in [0.25, 0.3) is 0 Å². The molecule has 18 heavy (non-hydrogen) atoms. The van der Waals surface area contributed by atoms with E-state index in [1.165, 1.54) is 0 Å². The molecule has 0 aromatic rings. The van der Waals surface area contributed by atoms with E-state index in [9.17, 15) is 4.79 Å². The second-order valence-electron chi connectivity index (χ2n) is 4.74. The summed E-state index contributed by atoms with van der Waals surface area (Å²) >= 11 is 0. The molecule has 0 aliphatic carbocycles. The number of nitrogens with one attached hydrogen (secondary N) is 1. The lowest BCUT2D eigenvalue weighted by Gasteiger charge is -2.31. The van der Waals surface area contributed by atoms with Crippen molar-refractivity contribution in [3.63, 3.8) is 0 Å². The number of hydrogen-bond acceptors (Lipinski definition) is 4. The van der Waals surface area contributed by atoms with Gasteiger partial charge in [0, 0.05) is 32.8 Å². The van der Waals surface area contributed by atoms with Gasteiger partial charge in [0.2, 0.25) is 5.91 Å². The molecule has 1 saturated heterocycles. The van der Waals surface area contributed by atoms with Crippen LogP contribution in [0.5, 0.6) is 0 Å². The standard InChI is InChI=1S/C13H26N2O3/c1-4-11(2)15(6-8-17-3)13(16)9-12-10-14-5-7-18-12/h11-12,14H,4-10H2,1-3H3. The van der Waals surface area contributed by atoms with Crippen molar-refractivity contribution < 1.29 is 14.3 Å². The fourth-order valence-electron chi connectivity index (χ4n) is 2.06. The van der Waals surface area contributed by atoms with Gasteiger partial charge in [0.1, 0.15) is 0 Å². The number of methoxy groups -OCH3 is 1. The van der Waals surface area contributed by atoms with E-state index in [0.717, 1.165) is 19.5 Å². The Morgan fingerprint density at radius 1 is 1.61 bits per heavy atom. The lowest BCUT2D eigenvalue weighted by molar-refractivity contribution is -0.137. The molecular formula is C13H26N2O3. The highest BCUT2D eigenvalue weighted by molar-refractivity contribution is 5.77. The van der Waals surface area contributed by atoms with Crippen LogP contribution in [0.25, 0.3) is 0 Å². The van der Waals surface area contributed by atoms with Crippen molar-refractivity contribution in [1.29, 1.82) is 0 Å². The first kappa shape index (κ1) is 15.4. The molecule has 0 bridgehead atoms. The molecule has 1 heterocycles. The summed E-state index contributed by atoms with van der Waals surface area (Å²) in [6.45, 7) is 7.75. The minimum absolute atomic E-state index is 0.0142. The van der Waals surface area contributed by atoms with Crippen LogP contribution in [-0.2, 0) is 14.3 Å². The normalized spacial score (nSPS) is 21.6. The van der Waals surface area contributed by atoms with Gasteiger partial charge < -0.3 is 19.7 Å². The number of amides is 1. The average molecular weight is 258 g/mol. The number of hydrogen-bond donors (Lipinski definition) is 1. The van der Waals surface area contributed by atoms with E-state index in [0.29, 0.717) is 26.2 Å². The lowest BCUT2D eigenvalue weighted by atomic mass is 10.1. The van der Waals surface area contributed by atoms with Crippen LogP contribution in [0.2, 0.25) is 0 Å². The minimum atomic E-state index is 0.0142. The van der Waals surface area contributed by atoms with Gasteiger partial charge in [0.05, 0.1) is 25.7 Å². The molecule has 0 radical (unpaired) electrons. The fourth-order valence-corrected chi connectivity index (χ4v) is 2.06. The molecule has 1 amide bonds. The molecule has 0 spiro atoms. The van der Waals surface area contributed by atoms with E-state index >= 15 is 0 Å². The summed E-state index contributed by atoms with van der Waals surface area (Å²) in [5.41, 5.74) is 0. The zero-order valence-corrected chi connectivity index (χ0v) is 11.8. The minimum Gasteiger partial charge on any atom is -0.383 e.